The Balaban J connectivity index is 1.82. The number of aryl methyl sites for hydroxylation is 1. The standard InChI is InChI=1S/C15H26N2O/c1-12-4-5-15(18-12)13(2)17-10-7-14(8-11-17)6-9-16-3/h4-5,13-14,16H,6-11H2,1-3H3. The molecule has 1 aromatic heterocycles. The van der Waals surface area contributed by atoms with Gasteiger partial charge in [-0.1, -0.05) is 0 Å². The Labute approximate surface area is 111 Å². The predicted octanol–water partition coefficient (Wildman–Crippen LogP) is 2.97. The second kappa shape index (κ2) is 6.39. The highest BCUT2D eigenvalue weighted by Crippen LogP contribution is 2.28. The van der Waals surface area contributed by atoms with Crippen molar-refractivity contribution in [3.05, 3.63) is 23.7 Å². The first-order chi connectivity index (χ1) is 8.70. The Morgan fingerprint density at radius 2 is 2.11 bits per heavy atom. The van der Waals surface area contributed by atoms with Crippen molar-refractivity contribution in [2.24, 2.45) is 5.92 Å². The summed E-state index contributed by atoms with van der Waals surface area (Å²) in [7, 11) is 2.04. The van der Waals surface area contributed by atoms with Gasteiger partial charge in [0, 0.05) is 0 Å². The SMILES string of the molecule is CNCCC1CCN(C(C)c2ccc(C)o2)CC1. The molecule has 0 aliphatic carbocycles. The number of hydrogen-bond acceptors (Lipinski definition) is 3. The Morgan fingerprint density at radius 1 is 1.39 bits per heavy atom. The summed E-state index contributed by atoms with van der Waals surface area (Å²) >= 11 is 0. The normalized spacial score (nSPS) is 20.2. The molecular formula is C15H26N2O. The van der Waals surface area contributed by atoms with Gasteiger partial charge in [0.15, 0.2) is 0 Å². The number of piperidine rings is 1. The smallest absolute Gasteiger partial charge is 0.121 e. The molecule has 102 valence electrons. The monoisotopic (exact) mass is 250 g/mol. The molecule has 2 heterocycles. The van der Waals surface area contributed by atoms with Crippen LogP contribution in [0.25, 0.3) is 0 Å². The molecule has 0 bridgehead atoms. The zero-order valence-electron chi connectivity index (χ0n) is 11.9. The lowest BCUT2D eigenvalue weighted by atomic mass is 9.92. The van der Waals surface area contributed by atoms with E-state index in [-0.39, 0.29) is 0 Å². The van der Waals surface area contributed by atoms with Gasteiger partial charge in [-0.2, -0.15) is 0 Å². The van der Waals surface area contributed by atoms with Crippen molar-refractivity contribution in [2.45, 2.75) is 39.2 Å². The van der Waals surface area contributed by atoms with E-state index in [1.54, 1.807) is 0 Å². The van der Waals surface area contributed by atoms with Gasteiger partial charge < -0.3 is 9.73 Å². The van der Waals surface area contributed by atoms with Gasteiger partial charge in [-0.15, -0.1) is 0 Å². The first-order valence-electron chi connectivity index (χ1n) is 7.15. The molecule has 3 heteroatoms. The van der Waals surface area contributed by atoms with Gasteiger partial charge in [0.05, 0.1) is 6.04 Å². The fraction of sp³-hybridized carbons (Fsp3) is 0.733. The Bertz CT molecular complexity index is 353. The van der Waals surface area contributed by atoms with Gasteiger partial charge in [0.25, 0.3) is 0 Å². The van der Waals surface area contributed by atoms with E-state index in [2.05, 4.69) is 29.3 Å². The van der Waals surface area contributed by atoms with Crippen LogP contribution in [0.4, 0.5) is 0 Å². The highest BCUT2D eigenvalue weighted by atomic mass is 16.3. The van der Waals surface area contributed by atoms with Crippen molar-refractivity contribution in [3.63, 3.8) is 0 Å². The lowest BCUT2D eigenvalue weighted by Gasteiger charge is -2.35. The quantitative estimate of drug-likeness (QED) is 0.871. The van der Waals surface area contributed by atoms with Crippen LogP contribution in [0.5, 0.6) is 0 Å². The van der Waals surface area contributed by atoms with E-state index in [9.17, 15) is 0 Å². The maximum absolute atomic E-state index is 5.74. The molecular weight excluding hydrogens is 224 g/mol. The lowest BCUT2D eigenvalue weighted by molar-refractivity contribution is 0.124. The molecule has 1 saturated heterocycles. The van der Waals surface area contributed by atoms with Crippen LogP contribution in [0.15, 0.2) is 16.5 Å². The van der Waals surface area contributed by atoms with Crippen molar-refractivity contribution >= 4 is 0 Å². The third-order valence-corrected chi connectivity index (χ3v) is 4.17. The third-order valence-electron chi connectivity index (χ3n) is 4.17. The summed E-state index contributed by atoms with van der Waals surface area (Å²) in [5, 5.41) is 3.25. The number of nitrogens with zero attached hydrogens (tertiary/aromatic N) is 1. The fourth-order valence-electron chi connectivity index (χ4n) is 2.84. The van der Waals surface area contributed by atoms with E-state index in [4.69, 9.17) is 4.42 Å². The fourth-order valence-corrected chi connectivity index (χ4v) is 2.84. The average Bonchev–Trinajstić information content (AvgIpc) is 2.83. The molecule has 0 saturated carbocycles. The number of hydrogen-bond donors (Lipinski definition) is 1. The summed E-state index contributed by atoms with van der Waals surface area (Å²) < 4.78 is 5.74. The van der Waals surface area contributed by atoms with Crippen molar-refractivity contribution in [1.29, 1.82) is 0 Å². The summed E-state index contributed by atoms with van der Waals surface area (Å²) in [6, 6.07) is 4.60. The highest BCUT2D eigenvalue weighted by Gasteiger charge is 2.24. The Hall–Kier alpha value is -0.800. The second-order valence-corrected chi connectivity index (χ2v) is 5.50. The molecule has 0 amide bonds. The Morgan fingerprint density at radius 3 is 2.67 bits per heavy atom. The maximum Gasteiger partial charge on any atom is 0.121 e. The minimum Gasteiger partial charge on any atom is -0.465 e. The van der Waals surface area contributed by atoms with Gasteiger partial charge in [0.2, 0.25) is 0 Å². The van der Waals surface area contributed by atoms with Crippen LogP contribution in [0.3, 0.4) is 0 Å². The zero-order chi connectivity index (χ0) is 13.0. The van der Waals surface area contributed by atoms with Crippen LogP contribution in [-0.2, 0) is 0 Å². The zero-order valence-corrected chi connectivity index (χ0v) is 11.9. The summed E-state index contributed by atoms with van der Waals surface area (Å²) in [5.41, 5.74) is 0. The molecule has 2 rings (SSSR count). The molecule has 0 radical (unpaired) electrons. The summed E-state index contributed by atoms with van der Waals surface area (Å²) in [6.07, 6.45) is 3.97. The van der Waals surface area contributed by atoms with E-state index in [0.29, 0.717) is 6.04 Å². The predicted molar refractivity (Wildman–Crippen MR) is 74.7 cm³/mol. The molecule has 1 aliphatic heterocycles. The number of furan rings is 1. The van der Waals surface area contributed by atoms with Crippen molar-refractivity contribution < 1.29 is 4.42 Å². The molecule has 1 aliphatic rings. The molecule has 18 heavy (non-hydrogen) atoms. The van der Waals surface area contributed by atoms with Crippen molar-refractivity contribution in [2.75, 3.05) is 26.7 Å². The first kappa shape index (κ1) is 13.6. The van der Waals surface area contributed by atoms with Gasteiger partial charge in [-0.05, 0) is 77.8 Å². The van der Waals surface area contributed by atoms with Gasteiger partial charge in [-0.3, -0.25) is 4.90 Å². The molecule has 1 N–H and O–H groups in total. The number of likely N-dealkylation sites (tertiary alicyclic amines) is 1. The molecule has 3 nitrogen and oxygen atoms in total. The van der Waals surface area contributed by atoms with Gasteiger partial charge >= 0.3 is 0 Å². The van der Waals surface area contributed by atoms with Crippen molar-refractivity contribution in [1.82, 2.24) is 10.2 Å². The van der Waals surface area contributed by atoms with Crippen LogP contribution in [-0.4, -0.2) is 31.6 Å². The molecule has 1 fully saturated rings. The lowest BCUT2D eigenvalue weighted by Crippen LogP contribution is -2.36. The molecule has 1 aromatic rings. The van der Waals surface area contributed by atoms with Crippen LogP contribution in [0.2, 0.25) is 0 Å². The van der Waals surface area contributed by atoms with Crippen LogP contribution in [0.1, 0.15) is 43.7 Å². The average molecular weight is 250 g/mol. The molecule has 1 atom stereocenters. The topological polar surface area (TPSA) is 28.4 Å². The maximum atomic E-state index is 5.74. The van der Waals surface area contributed by atoms with Gasteiger partial charge in [-0.25, -0.2) is 0 Å². The van der Waals surface area contributed by atoms with E-state index < -0.39 is 0 Å². The van der Waals surface area contributed by atoms with Crippen LogP contribution < -0.4 is 5.32 Å². The molecule has 1 unspecified atom stereocenters. The largest absolute Gasteiger partial charge is 0.465 e. The first-order valence-corrected chi connectivity index (χ1v) is 7.15. The van der Waals surface area contributed by atoms with E-state index in [1.165, 1.54) is 32.4 Å². The summed E-state index contributed by atoms with van der Waals surface area (Å²) in [6.45, 7) is 7.83. The minimum atomic E-state index is 0.420. The van der Waals surface area contributed by atoms with Gasteiger partial charge in [0.1, 0.15) is 11.5 Å². The van der Waals surface area contributed by atoms with E-state index >= 15 is 0 Å². The molecule has 0 aromatic carbocycles. The summed E-state index contributed by atoms with van der Waals surface area (Å²) in [4.78, 5) is 2.55. The van der Waals surface area contributed by atoms with E-state index in [1.807, 2.05) is 14.0 Å². The Kier molecular flexibility index (Phi) is 4.84. The molecule has 0 spiro atoms. The second-order valence-electron chi connectivity index (χ2n) is 5.50. The van der Waals surface area contributed by atoms with Crippen LogP contribution >= 0.6 is 0 Å². The van der Waals surface area contributed by atoms with Crippen LogP contribution in [0, 0.1) is 12.8 Å². The van der Waals surface area contributed by atoms with Crippen molar-refractivity contribution in [3.8, 4) is 0 Å². The third kappa shape index (κ3) is 3.36. The highest BCUT2D eigenvalue weighted by molar-refractivity contribution is 5.09. The van der Waals surface area contributed by atoms with E-state index in [0.717, 1.165) is 24.0 Å². The number of rotatable bonds is 5. The summed E-state index contributed by atoms with van der Waals surface area (Å²) in [5.74, 6) is 3.03. The minimum absolute atomic E-state index is 0.420. The number of nitrogens with one attached hydrogen (secondary N) is 1.